The first-order valence-corrected chi connectivity index (χ1v) is 9.56. The number of carbonyl (C=O) groups is 3. The zero-order chi connectivity index (χ0) is 19.9. The van der Waals surface area contributed by atoms with E-state index in [2.05, 4.69) is 16.0 Å². The minimum Gasteiger partial charge on any atom is -0.343 e. The van der Waals surface area contributed by atoms with Crippen molar-refractivity contribution in [1.82, 2.24) is 5.32 Å². The molecule has 0 spiro atoms. The van der Waals surface area contributed by atoms with Crippen molar-refractivity contribution in [3.63, 3.8) is 0 Å². The van der Waals surface area contributed by atoms with E-state index in [1.165, 1.54) is 11.3 Å². The summed E-state index contributed by atoms with van der Waals surface area (Å²) in [6.45, 7) is -0.194. The summed E-state index contributed by atoms with van der Waals surface area (Å²) >= 11 is 7.31. The molecule has 0 aliphatic rings. The van der Waals surface area contributed by atoms with Crippen LogP contribution in [0.4, 0.5) is 11.4 Å². The predicted molar refractivity (Wildman–Crippen MR) is 111 cm³/mol. The number of carbonyl (C=O) groups excluding carboxylic acids is 3. The monoisotopic (exact) mass is 413 g/mol. The predicted octanol–water partition coefficient (Wildman–Crippen LogP) is 4.02. The van der Waals surface area contributed by atoms with Crippen LogP contribution in [0, 0.1) is 0 Å². The Morgan fingerprint density at radius 3 is 2.14 bits per heavy atom. The van der Waals surface area contributed by atoms with Gasteiger partial charge in [0.2, 0.25) is 5.91 Å². The summed E-state index contributed by atoms with van der Waals surface area (Å²) in [5, 5.41) is 10.1. The van der Waals surface area contributed by atoms with Crippen LogP contribution in [0.15, 0.2) is 66.0 Å². The topological polar surface area (TPSA) is 87.3 Å². The number of nitrogens with one attached hydrogen (secondary N) is 3. The van der Waals surface area contributed by atoms with Crippen molar-refractivity contribution in [3.8, 4) is 0 Å². The van der Waals surface area contributed by atoms with Crippen molar-refractivity contribution in [2.45, 2.75) is 0 Å². The highest BCUT2D eigenvalue weighted by molar-refractivity contribution is 7.12. The molecule has 6 nitrogen and oxygen atoms in total. The van der Waals surface area contributed by atoms with Gasteiger partial charge in [-0.15, -0.1) is 11.3 Å². The second-order valence-electron chi connectivity index (χ2n) is 5.72. The molecule has 0 saturated carbocycles. The maximum Gasteiger partial charge on any atom is 0.265 e. The van der Waals surface area contributed by atoms with E-state index in [1.54, 1.807) is 54.6 Å². The molecular weight excluding hydrogens is 398 g/mol. The molecule has 0 bridgehead atoms. The van der Waals surface area contributed by atoms with Gasteiger partial charge in [-0.05, 0) is 47.8 Å². The van der Waals surface area contributed by atoms with Crippen LogP contribution in [-0.2, 0) is 4.79 Å². The summed E-state index contributed by atoms with van der Waals surface area (Å²) in [5.41, 5.74) is 1.47. The van der Waals surface area contributed by atoms with E-state index >= 15 is 0 Å². The van der Waals surface area contributed by atoms with Crippen LogP contribution in [0.25, 0.3) is 0 Å². The minimum atomic E-state index is -0.424. The number of hydrogen-bond donors (Lipinski definition) is 3. The van der Waals surface area contributed by atoms with Crippen LogP contribution in [0.5, 0.6) is 0 Å². The number of amides is 3. The molecule has 3 aromatic rings. The van der Waals surface area contributed by atoms with Crippen LogP contribution >= 0.6 is 22.9 Å². The second-order valence-corrected chi connectivity index (χ2v) is 7.07. The van der Waals surface area contributed by atoms with Gasteiger partial charge < -0.3 is 16.0 Å². The highest BCUT2D eigenvalue weighted by atomic mass is 35.5. The van der Waals surface area contributed by atoms with E-state index in [-0.39, 0.29) is 18.4 Å². The smallest absolute Gasteiger partial charge is 0.265 e. The lowest BCUT2D eigenvalue weighted by molar-refractivity contribution is -0.115. The van der Waals surface area contributed by atoms with Gasteiger partial charge in [0.1, 0.15) is 0 Å². The summed E-state index contributed by atoms with van der Waals surface area (Å²) in [6, 6.07) is 16.9. The normalized spacial score (nSPS) is 10.2. The third-order valence-corrected chi connectivity index (χ3v) is 4.90. The molecule has 3 N–H and O–H groups in total. The Morgan fingerprint density at radius 1 is 0.821 bits per heavy atom. The minimum absolute atomic E-state index is 0.186. The first-order chi connectivity index (χ1) is 13.5. The zero-order valence-electron chi connectivity index (χ0n) is 14.6. The highest BCUT2D eigenvalue weighted by Gasteiger charge is 2.11. The standard InChI is InChI=1S/C20H16ClN3O3S/c21-16-5-2-1-4-15(16)19(26)22-12-18(25)23-13-7-9-14(10-8-13)24-20(27)17-6-3-11-28-17/h1-11H,12H2,(H,22,26)(H,23,25)(H,24,27). The highest BCUT2D eigenvalue weighted by Crippen LogP contribution is 2.17. The summed E-state index contributed by atoms with van der Waals surface area (Å²) < 4.78 is 0. The molecule has 0 radical (unpaired) electrons. The fourth-order valence-corrected chi connectivity index (χ4v) is 3.18. The summed E-state index contributed by atoms with van der Waals surface area (Å²) in [6.07, 6.45) is 0. The number of thiophene rings is 1. The fourth-order valence-electron chi connectivity index (χ4n) is 2.34. The molecule has 1 aromatic heterocycles. The van der Waals surface area contributed by atoms with E-state index in [1.807, 2.05) is 11.4 Å². The largest absolute Gasteiger partial charge is 0.343 e. The van der Waals surface area contributed by atoms with Crippen molar-refractivity contribution >= 4 is 52.0 Å². The lowest BCUT2D eigenvalue weighted by Crippen LogP contribution is -2.33. The van der Waals surface area contributed by atoms with Gasteiger partial charge in [-0.3, -0.25) is 14.4 Å². The van der Waals surface area contributed by atoms with Gasteiger partial charge in [0.15, 0.2) is 0 Å². The lowest BCUT2D eigenvalue weighted by Gasteiger charge is -2.09. The number of hydrogen-bond acceptors (Lipinski definition) is 4. The molecule has 0 aliphatic heterocycles. The van der Waals surface area contributed by atoms with Crippen LogP contribution in [0.1, 0.15) is 20.0 Å². The van der Waals surface area contributed by atoms with E-state index in [0.29, 0.717) is 26.8 Å². The molecule has 0 aliphatic carbocycles. The first-order valence-electron chi connectivity index (χ1n) is 8.30. The van der Waals surface area contributed by atoms with Crippen LogP contribution < -0.4 is 16.0 Å². The Labute approximate surface area is 170 Å². The molecule has 2 aromatic carbocycles. The summed E-state index contributed by atoms with van der Waals surface area (Å²) in [5.74, 6) is -0.989. The molecule has 28 heavy (non-hydrogen) atoms. The summed E-state index contributed by atoms with van der Waals surface area (Å²) in [4.78, 5) is 36.7. The van der Waals surface area contributed by atoms with Gasteiger partial charge in [-0.2, -0.15) is 0 Å². The number of halogens is 1. The van der Waals surface area contributed by atoms with Gasteiger partial charge in [-0.1, -0.05) is 29.8 Å². The quantitative estimate of drug-likeness (QED) is 0.570. The Kier molecular flexibility index (Phi) is 6.41. The van der Waals surface area contributed by atoms with Crippen molar-refractivity contribution in [3.05, 3.63) is 81.5 Å². The van der Waals surface area contributed by atoms with Crippen LogP contribution in [0.2, 0.25) is 5.02 Å². The Balaban J connectivity index is 1.50. The van der Waals surface area contributed by atoms with Crippen molar-refractivity contribution in [1.29, 1.82) is 0 Å². The Hall–Kier alpha value is -3.16. The Bertz CT molecular complexity index is 988. The van der Waals surface area contributed by atoms with Crippen LogP contribution in [0.3, 0.4) is 0 Å². The number of rotatable bonds is 6. The molecule has 8 heteroatoms. The van der Waals surface area contributed by atoms with E-state index in [0.717, 1.165) is 0 Å². The van der Waals surface area contributed by atoms with Gasteiger partial charge in [0, 0.05) is 11.4 Å². The summed E-state index contributed by atoms with van der Waals surface area (Å²) in [7, 11) is 0. The maximum atomic E-state index is 12.1. The molecule has 0 unspecified atom stereocenters. The zero-order valence-corrected chi connectivity index (χ0v) is 16.1. The molecule has 0 atom stereocenters. The van der Waals surface area contributed by atoms with E-state index in [9.17, 15) is 14.4 Å². The first kappa shape index (κ1) is 19.6. The molecule has 3 rings (SSSR count). The van der Waals surface area contributed by atoms with Crippen molar-refractivity contribution in [2.24, 2.45) is 0 Å². The second kappa shape index (κ2) is 9.16. The molecule has 0 fully saturated rings. The van der Waals surface area contributed by atoms with E-state index < -0.39 is 5.91 Å². The lowest BCUT2D eigenvalue weighted by atomic mass is 10.2. The maximum absolute atomic E-state index is 12.1. The van der Waals surface area contributed by atoms with E-state index in [4.69, 9.17) is 11.6 Å². The average molecular weight is 414 g/mol. The fraction of sp³-hybridized carbons (Fsp3) is 0.0500. The molecule has 3 amide bonds. The number of anilines is 2. The van der Waals surface area contributed by atoms with Crippen LogP contribution in [-0.4, -0.2) is 24.3 Å². The SMILES string of the molecule is O=C(CNC(=O)c1ccccc1Cl)Nc1ccc(NC(=O)c2cccs2)cc1. The molecule has 142 valence electrons. The average Bonchev–Trinajstić information content (AvgIpc) is 3.23. The third kappa shape index (κ3) is 5.18. The Morgan fingerprint density at radius 2 is 1.50 bits per heavy atom. The van der Waals surface area contributed by atoms with Gasteiger partial charge in [0.05, 0.1) is 22.0 Å². The number of benzene rings is 2. The van der Waals surface area contributed by atoms with Crippen molar-refractivity contribution < 1.29 is 14.4 Å². The van der Waals surface area contributed by atoms with Crippen molar-refractivity contribution in [2.75, 3.05) is 17.2 Å². The molecular formula is C20H16ClN3O3S. The van der Waals surface area contributed by atoms with Gasteiger partial charge in [-0.25, -0.2) is 0 Å². The molecule has 1 heterocycles. The van der Waals surface area contributed by atoms with Gasteiger partial charge >= 0.3 is 0 Å². The van der Waals surface area contributed by atoms with Gasteiger partial charge in [0.25, 0.3) is 11.8 Å². The molecule has 0 saturated heterocycles. The third-order valence-electron chi connectivity index (χ3n) is 3.70.